The van der Waals surface area contributed by atoms with Crippen LogP contribution in [-0.4, -0.2) is 26.9 Å². The van der Waals surface area contributed by atoms with E-state index in [1.54, 1.807) is 13.8 Å². The zero-order valence-electron chi connectivity index (χ0n) is 9.71. The summed E-state index contributed by atoms with van der Waals surface area (Å²) >= 11 is 0. The van der Waals surface area contributed by atoms with E-state index in [2.05, 4.69) is 20.4 Å². The van der Waals surface area contributed by atoms with Crippen LogP contribution in [0, 0.1) is 5.41 Å². The zero-order valence-corrected chi connectivity index (χ0v) is 9.71. The van der Waals surface area contributed by atoms with Crippen molar-refractivity contribution in [3.63, 3.8) is 0 Å². The summed E-state index contributed by atoms with van der Waals surface area (Å²) in [6, 6.07) is 0. The van der Waals surface area contributed by atoms with Crippen LogP contribution in [0.4, 0.5) is 5.69 Å². The number of nitrogens with zero attached hydrogens (tertiary/aromatic N) is 3. The number of nitrogens with one attached hydrogen (secondary N) is 1. The fourth-order valence-electron chi connectivity index (χ4n) is 1.20. The number of rotatable bonds is 4. The molecule has 1 atom stereocenters. The maximum atomic E-state index is 12.0. The highest BCUT2D eigenvalue weighted by Crippen LogP contribution is 2.23. The number of amidine groups is 1. The van der Waals surface area contributed by atoms with E-state index in [1.165, 1.54) is 18.7 Å². The molecule has 4 N–H and O–H groups in total. The summed E-state index contributed by atoms with van der Waals surface area (Å²) in [7, 11) is 0. The molecule has 1 aromatic rings. The lowest BCUT2D eigenvalue weighted by molar-refractivity contribution is -0.121. The minimum atomic E-state index is -1.06. The highest BCUT2D eigenvalue weighted by atomic mass is 16.4. The highest BCUT2D eigenvalue weighted by Gasteiger charge is 2.36. The van der Waals surface area contributed by atoms with Gasteiger partial charge in [0.05, 0.1) is 18.1 Å². The molecule has 0 aromatic carbocycles. The van der Waals surface area contributed by atoms with Crippen LogP contribution in [0.5, 0.6) is 0 Å². The summed E-state index contributed by atoms with van der Waals surface area (Å²) in [6.45, 7) is 3.38. The SMILES string of the molecule is CCC(C)(C(=O)Nc1cncnc1)C(N)=NO. The predicted octanol–water partition coefficient (Wildman–Crippen LogP) is 0.578. The van der Waals surface area contributed by atoms with Gasteiger partial charge in [-0.3, -0.25) is 4.79 Å². The van der Waals surface area contributed by atoms with Crippen LogP contribution in [0.25, 0.3) is 0 Å². The molecule has 1 aromatic heterocycles. The molecule has 0 saturated heterocycles. The summed E-state index contributed by atoms with van der Waals surface area (Å²) < 4.78 is 0. The number of hydrogen-bond donors (Lipinski definition) is 3. The number of amides is 1. The fraction of sp³-hybridized carbons (Fsp3) is 0.400. The predicted molar refractivity (Wildman–Crippen MR) is 62.5 cm³/mol. The molecule has 0 bridgehead atoms. The first-order chi connectivity index (χ1) is 8.04. The Hall–Kier alpha value is -2.18. The van der Waals surface area contributed by atoms with Gasteiger partial charge in [-0.1, -0.05) is 12.1 Å². The van der Waals surface area contributed by atoms with Gasteiger partial charge in [0.1, 0.15) is 11.7 Å². The van der Waals surface area contributed by atoms with Crippen molar-refractivity contribution in [2.24, 2.45) is 16.3 Å². The van der Waals surface area contributed by atoms with Crippen LogP contribution in [0.3, 0.4) is 0 Å². The quantitative estimate of drug-likeness (QED) is 0.307. The molecule has 1 unspecified atom stereocenters. The fourth-order valence-corrected chi connectivity index (χ4v) is 1.20. The van der Waals surface area contributed by atoms with Gasteiger partial charge in [-0.05, 0) is 13.3 Å². The number of nitrogens with two attached hydrogens (primary N) is 1. The van der Waals surface area contributed by atoms with Crippen molar-refractivity contribution in [3.05, 3.63) is 18.7 Å². The molecule has 0 radical (unpaired) electrons. The molecule has 1 amide bonds. The van der Waals surface area contributed by atoms with E-state index in [0.717, 1.165) is 0 Å². The Morgan fingerprint density at radius 2 is 2.18 bits per heavy atom. The van der Waals surface area contributed by atoms with Gasteiger partial charge in [0, 0.05) is 0 Å². The molecular weight excluding hydrogens is 222 g/mol. The lowest BCUT2D eigenvalue weighted by Crippen LogP contribution is -2.44. The Bertz CT molecular complexity index is 420. The second kappa shape index (κ2) is 5.24. The lowest BCUT2D eigenvalue weighted by Gasteiger charge is -2.24. The Kier molecular flexibility index (Phi) is 3.97. The smallest absolute Gasteiger partial charge is 0.238 e. The summed E-state index contributed by atoms with van der Waals surface area (Å²) in [5, 5.41) is 14.2. The minimum absolute atomic E-state index is 0.130. The minimum Gasteiger partial charge on any atom is -0.409 e. The molecule has 0 saturated carbocycles. The molecule has 1 rings (SSSR count). The van der Waals surface area contributed by atoms with Gasteiger partial charge in [0.2, 0.25) is 5.91 Å². The molecule has 7 nitrogen and oxygen atoms in total. The van der Waals surface area contributed by atoms with Gasteiger partial charge in [0.25, 0.3) is 0 Å². The number of carbonyl (C=O) groups excluding carboxylic acids is 1. The number of anilines is 1. The van der Waals surface area contributed by atoms with Gasteiger partial charge in [0.15, 0.2) is 5.84 Å². The number of carbonyl (C=O) groups is 1. The van der Waals surface area contributed by atoms with Crippen molar-refractivity contribution in [1.29, 1.82) is 0 Å². The first-order valence-electron chi connectivity index (χ1n) is 5.09. The maximum Gasteiger partial charge on any atom is 0.238 e. The summed E-state index contributed by atoms with van der Waals surface area (Å²) in [4.78, 5) is 19.6. The first-order valence-corrected chi connectivity index (χ1v) is 5.09. The molecular formula is C10H15N5O2. The zero-order chi connectivity index (χ0) is 12.9. The average Bonchev–Trinajstić information content (AvgIpc) is 2.37. The normalized spacial score (nSPS) is 15.1. The largest absolute Gasteiger partial charge is 0.409 e. The third kappa shape index (κ3) is 2.68. The number of aromatic nitrogens is 2. The van der Waals surface area contributed by atoms with Gasteiger partial charge in [-0.15, -0.1) is 0 Å². The number of oxime groups is 1. The lowest BCUT2D eigenvalue weighted by atomic mass is 9.85. The van der Waals surface area contributed by atoms with Crippen LogP contribution in [0.1, 0.15) is 20.3 Å². The van der Waals surface area contributed by atoms with E-state index >= 15 is 0 Å². The topological polar surface area (TPSA) is 113 Å². The summed E-state index contributed by atoms with van der Waals surface area (Å²) in [5.74, 6) is -0.501. The summed E-state index contributed by atoms with van der Waals surface area (Å²) in [6.07, 6.45) is 4.70. The third-order valence-corrected chi connectivity index (χ3v) is 2.70. The Morgan fingerprint density at radius 3 is 2.65 bits per heavy atom. The van der Waals surface area contributed by atoms with Crippen molar-refractivity contribution in [1.82, 2.24) is 9.97 Å². The van der Waals surface area contributed by atoms with Gasteiger partial charge in [-0.25, -0.2) is 9.97 Å². The van der Waals surface area contributed by atoms with E-state index in [9.17, 15) is 4.79 Å². The monoisotopic (exact) mass is 237 g/mol. The molecule has 92 valence electrons. The van der Waals surface area contributed by atoms with E-state index in [1.807, 2.05) is 0 Å². The Balaban J connectivity index is 2.89. The second-order valence-electron chi connectivity index (χ2n) is 3.75. The molecule has 0 aliphatic carbocycles. The maximum absolute atomic E-state index is 12.0. The van der Waals surface area contributed by atoms with Crippen LogP contribution in [-0.2, 0) is 4.79 Å². The molecule has 7 heteroatoms. The highest BCUT2D eigenvalue weighted by molar-refractivity contribution is 6.11. The first kappa shape index (κ1) is 12.9. The second-order valence-corrected chi connectivity index (χ2v) is 3.75. The number of hydrogen-bond acceptors (Lipinski definition) is 5. The van der Waals surface area contributed by atoms with Crippen LogP contribution < -0.4 is 11.1 Å². The van der Waals surface area contributed by atoms with Gasteiger partial charge in [-0.2, -0.15) is 0 Å². The van der Waals surface area contributed by atoms with Crippen LogP contribution in [0.15, 0.2) is 23.9 Å². The molecule has 0 fully saturated rings. The molecule has 1 heterocycles. The van der Waals surface area contributed by atoms with Crippen molar-refractivity contribution >= 4 is 17.4 Å². The molecule has 17 heavy (non-hydrogen) atoms. The van der Waals surface area contributed by atoms with E-state index in [-0.39, 0.29) is 11.7 Å². The van der Waals surface area contributed by atoms with Crippen molar-refractivity contribution in [2.45, 2.75) is 20.3 Å². The molecule has 0 aliphatic heterocycles. The van der Waals surface area contributed by atoms with Crippen LogP contribution >= 0.6 is 0 Å². The van der Waals surface area contributed by atoms with Crippen molar-refractivity contribution in [3.8, 4) is 0 Å². The van der Waals surface area contributed by atoms with Crippen molar-refractivity contribution in [2.75, 3.05) is 5.32 Å². The molecule has 0 aliphatic rings. The molecule has 0 spiro atoms. The third-order valence-electron chi connectivity index (χ3n) is 2.70. The Morgan fingerprint density at radius 1 is 1.59 bits per heavy atom. The van der Waals surface area contributed by atoms with Crippen molar-refractivity contribution < 1.29 is 10.0 Å². The Labute approximate surface area is 98.8 Å². The van der Waals surface area contributed by atoms with Gasteiger partial charge < -0.3 is 16.3 Å². The standard InChI is InChI=1S/C10H15N5O2/c1-3-10(2,8(11)15-17)9(16)14-7-4-12-6-13-5-7/h4-6,17H,3H2,1-2H3,(H2,11,15)(H,14,16). The average molecular weight is 237 g/mol. The van der Waals surface area contributed by atoms with E-state index in [0.29, 0.717) is 12.1 Å². The van der Waals surface area contributed by atoms with E-state index < -0.39 is 5.41 Å². The van der Waals surface area contributed by atoms with E-state index in [4.69, 9.17) is 10.9 Å². The summed E-state index contributed by atoms with van der Waals surface area (Å²) in [5.41, 5.74) is 4.92. The van der Waals surface area contributed by atoms with Gasteiger partial charge >= 0.3 is 0 Å². The van der Waals surface area contributed by atoms with Crippen LogP contribution in [0.2, 0.25) is 0 Å².